The van der Waals surface area contributed by atoms with Crippen molar-refractivity contribution in [2.75, 3.05) is 7.11 Å². The number of nitrogens with zero attached hydrogens (tertiary/aromatic N) is 5. The van der Waals surface area contributed by atoms with E-state index in [4.69, 9.17) is 19.8 Å². The van der Waals surface area contributed by atoms with E-state index in [1.165, 1.54) is 36.9 Å². The summed E-state index contributed by atoms with van der Waals surface area (Å²) in [5.41, 5.74) is 5.60. The molecule has 0 atom stereocenters. The molecule has 3 aromatic heterocycles. The SMILES string of the molecule is CC.COc1ccc(Cn2cc3cc(-c4nc(Br)c(C5CC5)n4C)c(C4CC4)nc3n2)cc1. The highest BCUT2D eigenvalue weighted by Crippen LogP contribution is 2.47. The number of fused-ring (bicyclic) bond motifs is 1. The Morgan fingerprint density at radius 2 is 1.73 bits per heavy atom. The minimum absolute atomic E-state index is 0.519. The van der Waals surface area contributed by atoms with Gasteiger partial charge in [-0.3, -0.25) is 4.68 Å². The van der Waals surface area contributed by atoms with Crippen LogP contribution in [0.3, 0.4) is 0 Å². The summed E-state index contributed by atoms with van der Waals surface area (Å²) >= 11 is 3.71. The van der Waals surface area contributed by atoms with Crippen molar-refractivity contribution in [2.45, 2.75) is 57.9 Å². The second-order valence-corrected chi connectivity index (χ2v) is 9.48. The minimum atomic E-state index is 0.519. The molecular weight excluding hydrogens is 478 g/mol. The van der Waals surface area contributed by atoms with Crippen LogP contribution in [0.5, 0.6) is 5.75 Å². The molecule has 7 heteroatoms. The van der Waals surface area contributed by atoms with E-state index in [0.717, 1.165) is 38.5 Å². The topological polar surface area (TPSA) is 57.8 Å². The average molecular weight is 508 g/mol. The van der Waals surface area contributed by atoms with Gasteiger partial charge in [0.1, 0.15) is 16.2 Å². The van der Waals surface area contributed by atoms with Crippen LogP contribution >= 0.6 is 15.9 Å². The van der Waals surface area contributed by atoms with Gasteiger partial charge in [-0.15, -0.1) is 0 Å². The zero-order valence-corrected chi connectivity index (χ0v) is 21.3. The van der Waals surface area contributed by atoms with Crippen LogP contribution in [0.4, 0.5) is 0 Å². The molecule has 2 aliphatic rings. The maximum atomic E-state index is 5.26. The maximum absolute atomic E-state index is 5.26. The molecule has 6 rings (SSSR count). The smallest absolute Gasteiger partial charge is 0.181 e. The molecular formula is C26H30BrN5O. The van der Waals surface area contributed by atoms with Crippen LogP contribution in [0.2, 0.25) is 0 Å². The number of halogens is 1. The van der Waals surface area contributed by atoms with E-state index in [-0.39, 0.29) is 0 Å². The van der Waals surface area contributed by atoms with Gasteiger partial charge in [-0.25, -0.2) is 9.97 Å². The molecule has 0 amide bonds. The van der Waals surface area contributed by atoms with Crippen molar-refractivity contribution < 1.29 is 4.74 Å². The average Bonchev–Trinajstić information content (AvgIpc) is 3.76. The molecule has 0 bridgehead atoms. The molecule has 0 radical (unpaired) electrons. The number of rotatable bonds is 6. The Bertz CT molecular complexity index is 1280. The van der Waals surface area contributed by atoms with Gasteiger partial charge in [-0.05, 0) is 65.4 Å². The molecule has 4 aromatic rings. The number of hydrogen-bond acceptors (Lipinski definition) is 4. The highest BCUT2D eigenvalue weighted by Gasteiger charge is 2.34. The zero-order valence-electron chi connectivity index (χ0n) is 19.7. The van der Waals surface area contributed by atoms with E-state index >= 15 is 0 Å². The Labute approximate surface area is 203 Å². The number of methoxy groups -OCH3 is 1. The van der Waals surface area contributed by atoms with Crippen molar-refractivity contribution in [1.29, 1.82) is 0 Å². The number of ether oxygens (including phenoxy) is 1. The normalized spacial score (nSPS) is 15.4. The highest BCUT2D eigenvalue weighted by molar-refractivity contribution is 9.10. The molecule has 0 unspecified atom stereocenters. The molecule has 2 fully saturated rings. The van der Waals surface area contributed by atoms with Gasteiger partial charge >= 0.3 is 0 Å². The van der Waals surface area contributed by atoms with Crippen molar-refractivity contribution >= 4 is 27.0 Å². The lowest BCUT2D eigenvalue weighted by molar-refractivity contribution is 0.414. The maximum Gasteiger partial charge on any atom is 0.181 e. The summed E-state index contributed by atoms with van der Waals surface area (Å²) < 4.78 is 10.5. The largest absolute Gasteiger partial charge is 0.497 e. The summed E-state index contributed by atoms with van der Waals surface area (Å²) in [6.07, 6.45) is 6.98. The standard InChI is InChI=1S/C24H24BrN5O.C2H6/c1-29-21(16-7-8-16)22(25)27-24(29)19-11-17-13-30(12-14-3-9-18(31-2)10-4-14)28-23(17)26-20(19)15-5-6-15;1-2/h3-4,9-11,13,15-16H,5-8,12H2,1-2H3;1-2H3. The molecule has 3 heterocycles. The second kappa shape index (κ2) is 8.93. The predicted octanol–water partition coefficient (Wildman–Crippen LogP) is 6.43. The van der Waals surface area contributed by atoms with E-state index in [1.807, 2.05) is 30.7 Å². The molecule has 172 valence electrons. The highest BCUT2D eigenvalue weighted by atomic mass is 79.9. The number of hydrogen-bond donors (Lipinski definition) is 0. The van der Waals surface area contributed by atoms with Gasteiger partial charge < -0.3 is 9.30 Å². The van der Waals surface area contributed by atoms with E-state index in [1.54, 1.807) is 7.11 Å². The van der Waals surface area contributed by atoms with Crippen LogP contribution in [0, 0.1) is 0 Å². The summed E-state index contributed by atoms with van der Waals surface area (Å²) in [5.74, 6) is 3.02. The summed E-state index contributed by atoms with van der Waals surface area (Å²) in [4.78, 5) is 9.93. The van der Waals surface area contributed by atoms with E-state index in [0.29, 0.717) is 18.4 Å². The first-order chi connectivity index (χ1) is 16.1. The fourth-order valence-electron chi connectivity index (χ4n) is 4.38. The predicted molar refractivity (Wildman–Crippen MR) is 135 cm³/mol. The number of benzene rings is 1. The van der Waals surface area contributed by atoms with Crippen molar-refractivity contribution in [1.82, 2.24) is 24.3 Å². The molecule has 2 saturated carbocycles. The number of aromatic nitrogens is 5. The fourth-order valence-corrected chi connectivity index (χ4v) is 5.14. The Kier molecular flexibility index (Phi) is 5.99. The van der Waals surface area contributed by atoms with Crippen molar-refractivity contribution in [3.8, 4) is 17.1 Å². The van der Waals surface area contributed by atoms with Gasteiger partial charge in [0.2, 0.25) is 0 Å². The summed E-state index contributed by atoms with van der Waals surface area (Å²) in [5, 5.41) is 5.83. The van der Waals surface area contributed by atoms with Gasteiger partial charge in [0.25, 0.3) is 0 Å². The van der Waals surface area contributed by atoms with E-state index in [2.05, 4.69) is 51.9 Å². The number of pyridine rings is 1. The quantitative estimate of drug-likeness (QED) is 0.301. The van der Waals surface area contributed by atoms with Gasteiger partial charge in [0.05, 0.1) is 25.0 Å². The number of imidazole rings is 1. The first-order valence-corrected chi connectivity index (χ1v) is 12.6. The van der Waals surface area contributed by atoms with Crippen LogP contribution in [0.15, 0.2) is 41.1 Å². The lowest BCUT2D eigenvalue weighted by Crippen LogP contribution is -2.02. The molecule has 0 aliphatic heterocycles. The Morgan fingerprint density at radius 1 is 1.03 bits per heavy atom. The van der Waals surface area contributed by atoms with Crippen LogP contribution in [-0.2, 0) is 13.6 Å². The molecule has 1 aromatic carbocycles. The summed E-state index contributed by atoms with van der Waals surface area (Å²) in [6, 6.07) is 10.3. The lowest BCUT2D eigenvalue weighted by atomic mass is 10.1. The van der Waals surface area contributed by atoms with Crippen molar-refractivity contribution in [3.05, 3.63) is 58.1 Å². The summed E-state index contributed by atoms with van der Waals surface area (Å²) in [6.45, 7) is 4.70. The first-order valence-electron chi connectivity index (χ1n) is 11.8. The minimum Gasteiger partial charge on any atom is -0.497 e. The van der Waals surface area contributed by atoms with Crippen LogP contribution < -0.4 is 4.74 Å². The molecule has 33 heavy (non-hydrogen) atoms. The monoisotopic (exact) mass is 507 g/mol. The van der Waals surface area contributed by atoms with Crippen molar-refractivity contribution in [2.24, 2.45) is 7.05 Å². The van der Waals surface area contributed by atoms with Gasteiger partial charge in [-0.2, -0.15) is 5.10 Å². The zero-order chi connectivity index (χ0) is 23.1. The fraction of sp³-hybridized carbons (Fsp3) is 0.423. The van der Waals surface area contributed by atoms with Gasteiger partial charge in [0, 0.05) is 36.0 Å². The lowest BCUT2D eigenvalue weighted by Gasteiger charge is -2.09. The third-order valence-electron chi connectivity index (χ3n) is 6.34. The molecule has 2 aliphatic carbocycles. The third kappa shape index (κ3) is 4.31. The van der Waals surface area contributed by atoms with Gasteiger partial charge in [0.15, 0.2) is 5.65 Å². The van der Waals surface area contributed by atoms with E-state index < -0.39 is 0 Å². The Balaban J connectivity index is 0.00000111. The Morgan fingerprint density at radius 3 is 2.36 bits per heavy atom. The van der Waals surface area contributed by atoms with Crippen LogP contribution in [0.25, 0.3) is 22.4 Å². The molecule has 0 spiro atoms. The Hall–Kier alpha value is -2.67. The second-order valence-electron chi connectivity index (χ2n) is 8.73. The van der Waals surface area contributed by atoms with Crippen molar-refractivity contribution in [3.63, 3.8) is 0 Å². The van der Waals surface area contributed by atoms with Gasteiger partial charge in [-0.1, -0.05) is 26.0 Å². The van der Waals surface area contributed by atoms with Crippen LogP contribution in [0.1, 0.15) is 68.3 Å². The third-order valence-corrected chi connectivity index (χ3v) is 6.92. The molecule has 0 saturated heterocycles. The first kappa shape index (κ1) is 22.1. The van der Waals surface area contributed by atoms with Crippen LogP contribution in [-0.4, -0.2) is 31.4 Å². The molecule has 0 N–H and O–H groups in total. The summed E-state index contributed by atoms with van der Waals surface area (Å²) in [7, 11) is 3.82. The van der Waals surface area contributed by atoms with E-state index in [9.17, 15) is 0 Å². The molecule has 6 nitrogen and oxygen atoms in total.